The number of methoxy groups -OCH3 is 1. The predicted octanol–water partition coefficient (Wildman–Crippen LogP) is 2.40. The number of ether oxygens (including phenoxy) is 1. The monoisotopic (exact) mass is 244 g/mol. The summed E-state index contributed by atoms with van der Waals surface area (Å²) in [5.41, 5.74) is 0.495. The molecule has 0 heterocycles. The standard InChI is InChI=1S/C11H13FO3S/c1-15-4-5-16-7-9-3-2-8(11(13)14)6-10(9)12/h2-3,6H,4-5,7H2,1H3,(H,13,14). The van der Waals surface area contributed by atoms with Gasteiger partial charge in [0, 0.05) is 18.6 Å². The van der Waals surface area contributed by atoms with E-state index >= 15 is 0 Å². The highest BCUT2D eigenvalue weighted by Crippen LogP contribution is 2.17. The van der Waals surface area contributed by atoms with Gasteiger partial charge in [-0.25, -0.2) is 9.18 Å². The first-order chi connectivity index (χ1) is 7.65. The number of carboxylic acids is 1. The number of hydrogen-bond acceptors (Lipinski definition) is 3. The van der Waals surface area contributed by atoms with Crippen LogP contribution in [-0.2, 0) is 10.5 Å². The van der Waals surface area contributed by atoms with Gasteiger partial charge in [0.05, 0.1) is 12.2 Å². The van der Waals surface area contributed by atoms with Crippen LogP contribution in [0.3, 0.4) is 0 Å². The van der Waals surface area contributed by atoms with Crippen LogP contribution in [-0.4, -0.2) is 30.5 Å². The molecule has 0 aliphatic heterocycles. The second kappa shape index (κ2) is 6.50. The van der Waals surface area contributed by atoms with Crippen molar-refractivity contribution < 1.29 is 19.0 Å². The van der Waals surface area contributed by atoms with Gasteiger partial charge in [0.2, 0.25) is 0 Å². The Hall–Kier alpha value is -1.07. The van der Waals surface area contributed by atoms with Gasteiger partial charge in [-0.15, -0.1) is 0 Å². The van der Waals surface area contributed by atoms with Crippen LogP contribution in [0.4, 0.5) is 4.39 Å². The topological polar surface area (TPSA) is 46.5 Å². The summed E-state index contributed by atoms with van der Waals surface area (Å²) in [4.78, 5) is 10.6. The summed E-state index contributed by atoms with van der Waals surface area (Å²) in [7, 11) is 1.61. The number of halogens is 1. The predicted molar refractivity (Wildman–Crippen MR) is 61.4 cm³/mol. The van der Waals surface area contributed by atoms with Gasteiger partial charge in [-0.2, -0.15) is 11.8 Å². The quantitative estimate of drug-likeness (QED) is 0.780. The van der Waals surface area contributed by atoms with Crippen molar-refractivity contribution in [1.29, 1.82) is 0 Å². The Labute approximate surface area is 97.6 Å². The zero-order chi connectivity index (χ0) is 12.0. The average molecular weight is 244 g/mol. The molecule has 0 atom stereocenters. The number of benzene rings is 1. The Morgan fingerprint density at radius 1 is 1.56 bits per heavy atom. The van der Waals surface area contributed by atoms with Crippen molar-refractivity contribution in [2.45, 2.75) is 5.75 Å². The molecule has 0 saturated heterocycles. The summed E-state index contributed by atoms with van der Waals surface area (Å²) in [5, 5.41) is 8.66. The third-order valence-corrected chi connectivity index (χ3v) is 2.96. The fourth-order valence-electron chi connectivity index (χ4n) is 1.12. The van der Waals surface area contributed by atoms with Crippen LogP contribution < -0.4 is 0 Å². The minimum Gasteiger partial charge on any atom is -0.478 e. The minimum absolute atomic E-state index is 0.0249. The van der Waals surface area contributed by atoms with Crippen LogP contribution in [0.1, 0.15) is 15.9 Å². The van der Waals surface area contributed by atoms with E-state index in [-0.39, 0.29) is 5.56 Å². The van der Waals surface area contributed by atoms with Crippen LogP contribution in [0.15, 0.2) is 18.2 Å². The van der Waals surface area contributed by atoms with Gasteiger partial charge in [0.15, 0.2) is 0 Å². The van der Waals surface area contributed by atoms with E-state index in [4.69, 9.17) is 9.84 Å². The highest BCUT2D eigenvalue weighted by molar-refractivity contribution is 7.98. The molecule has 88 valence electrons. The lowest BCUT2D eigenvalue weighted by Gasteiger charge is -2.04. The van der Waals surface area contributed by atoms with E-state index < -0.39 is 11.8 Å². The summed E-state index contributed by atoms with van der Waals surface area (Å²) >= 11 is 1.55. The molecule has 0 bridgehead atoms. The summed E-state index contributed by atoms with van der Waals surface area (Å²) in [6, 6.07) is 3.98. The number of carboxylic acid groups (broad SMARTS) is 1. The largest absolute Gasteiger partial charge is 0.478 e. The molecule has 16 heavy (non-hydrogen) atoms. The molecule has 0 aromatic heterocycles. The number of thioether (sulfide) groups is 1. The molecule has 0 saturated carbocycles. The van der Waals surface area contributed by atoms with Crippen molar-refractivity contribution in [1.82, 2.24) is 0 Å². The van der Waals surface area contributed by atoms with E-state index in [0.717, 1.165) is 11.8 Å². The maximum absolute atomic E-state index is 13.4. The molecule has 5 heteroatoms. The van der Waals surface area contributed by atoms with E-state index in [9.17, 15) is 9.18 Å². The van der Waals surface area contributed by atoms with Crippen molar-refractivity contribution in [3.63, 3.8) is 0 Å². The van der Waals surface area contributed by atoms with Crippen LogP contribution in [0.25, 0.3) is 0 Å². The highest BCUT2D eigenvalue weighted by Gasteiger charge is 2.07. The Morgan fingerprint density at radius 2 is 2.31 bits per heavy atom. The first-order valence-electron chi connectivity index (χ1n) is 4.73. The number of hydrogen-bond donors (Lipinski definition) is 1. The molecule has 1 aromatic carbocycles. The number of aromatic carboxylic acids is 1. The van der Waals surface area contributed by atoms with Gasteiger partial charge < -0.3 is 9.84 Å². The van der Waals surface area contributed by atoms with E-state index in [1.165, 1.54) is 12.1 Å². The van der Waals surface area contributed by atoms with Gasteiger partial charge in [-0.05, 0) is 17.7 Å². The lowest BCUT2D eigenvalue weighted by Crippen LogP contribution is -1.99. The van der Waals surface area contributed by atoms with E-state index in [0.29, 0.717) is 17.9 Å². The fourth-order valence-corrected chi connectivity index (χ4v) is 2.00. The zero-order valence-corrected chi connectivity index (χ0v) is 9.72. The third kappa shape index (κ3) is 3.83. The van der Waals surface area contributed by atoms with Gasteiger partial charge >= 0.3 is 5.97 Å². The first-order valence-corrected chi connectivity index (χ1v) is 5.89. The molecule has 1 rings (SSSR count). The van der Waals surface area contributed by atoms with Crippen LogP contribution >= 0.6 is 11.8 Å². The Morgan fingerprint density at radius 3 is 2.88 bits per heavy atom. The molecule has 0 spiro atoms. The number of carbonyl (C=O) groups is 1. The van der Waals surface area contributed by atoms with Gasteiger partial charge in [-0.3, -0.25) is 0 Å². The molecule has 0 unspecified atom stereocenters. The second-order valence-corrected chi connectivity index (χ2v) is 4.26. The summed E-state index contributed by atoms with van der Waals surface area (Å²) in [6.45, 7) is 0.624. The van der Waals surface area contributed by atoms with Crippen molar-refractivity contribution in [2.75, 3.05) is 19.5 Å². The van der Waals surface area contributed by atoms with Crippen LogP contribution in [0.5, 0.6) is 0 Å². The molecular weight excluding hydrogens is 231 g/mol. The molecule has 1 aromatic rings. The first kappa shape index (κ1) is 13.0. The Kier molecular flexibility index (Phi) is 5.28. The highest BCUT2D eigenvalue weighted by atomic mass is 32.2. The van der Waals surface area contributed by atoms with Crippen molar-refractivity contribution >= 4 is 17.7 Å². The molecular formula is C11H13FO3S. The lowest BCUT2D eigenvalue weighted by atomic mass is 10.1. The van der Waals surface area contributed by atoms with E-state index in [2.05, 4.69) is 0 Å². The molecule has 0 amide bonds. The van der Waals surface area contributed by atoms with Crippen molar-refractivity contribution in [3.05, 3.63) is 35.1 Å². The molecule has 0 radical (unpaired) electrons. The molecule has 0 aliphatic carbocycles. The molecule has 1 N–H and O–H groups in total. The van der Waals surface area contributed by atoms with E-state index in [1.54, 1.807) is 18.9 Å². The minimum atomic E-state index is -1.11. The normalized spacial score (nSPS) is 10.4. The van der Waals surface area contributed by atoms with Crippen LogP contribution in [0.2, 0.25) is 0 Å². The Bertz CT molecular complexity index is 368. The molecule has 3 nitrogen and oxygen atoms in total. The van der Waals surface area contributed by atoms with Crippen molar-refractivity contribution in [3.8, 4) is 0 Å². The van der Waals surface area contributed by atoms with Crippen molar-refractivity contribution in [2.24, 2.45) is 0 Å². The maximum atomic E-state index is 13.4. The Balaban J connectivity index is 2.57. The molecule has 0 aliphatic rings. The lowest BCUT2D eigenvalue weighted by molar-refractivity contribution is 0.0696. The number of rotatable bonds is 6. The van der Waals surface area contributed by atoms with Gasteiger partial charge in [-0.1, -0.05) is 6.07 Å². The average Bonchev–Trinajstić information content (AvgIpc) is 2.26. The third-order valence-electron chi connectivity index (χ3n) is 1.99. The summed E-state index contributed by atoms with van der Waals surface area (Å²) in [5.74, 6) is -0.270. The van der Waals surface area contributed by atoms with Crippen LogP contribution in [0, 0.1) is 5.82 Å². The van der Waals surface area contributed by atoms with Gasteiger partial charge in [0.25, 0.3) is 0 Å². The summed E-state index contributed by atoms with van der Waals surface area (Å²) in [6.07, 6.45) is 0. The van der Waals surface area contributed by atoms with Gasteiger partial charge in [0.1, 0.15) is 5.82 Å². The maximum Gasteiger partial charge on any atom is 0.335 e. The van der Waals surface area contributed by atoms with E-state index in [1.807, 2.05) is 0 Å². The fraction of sp³-hybridized carbons (Fsp3) is 0.364. The zero-order valence-electron chi connectivity index (χ0n) is 8.90. The summed E-state index contributed by atoms with van der Waals surface area (Å²) < 4.78 is 18.3. The SMILES string of the molecule is COCCSCc1ccc(C(=O)O)cc1F. The molecule has 0 fully saturated rings. The smallest absolute Gasteiger partial charge is 0.335 e. The second-order valence-electron chi connectivity index (χ2n) is 3.16.